The van der Waals surface area contributed by atoms with Gasteiger partial charge in [0.1, 0.15) is 0 Å². The summed E-state index contributed by atoms with van der Waals surface area (Å²) < 4.78 is 77.9. The van der Waals surface area contributed by atoms with Crippen molar-refractivity contribution in [2.75, 3.05) is 16.0 Å². The van der Waals surface area contributed by atoms with Crippen LogP contribution in [0.5, 0.6) is 0 Å². The smallest absolute Gasteiger partial charge is 0.325 e. The second-order valence-electron chi connectivity index (χ2n) is 7.64. The Morgan fingerprint density at radius 1 is 1.08 bits per heavy atom. The van der Waals surface area contributed by atoms with Crippen molar-refractivity contribution in [2.24, 2.45) is 0 Å². The number of halogens is 6. The topological polar surface area (TPSA) is 110 Å². The number of rotatable bonds is 6. The predicted octanol–water partition coefficient (Wildman–Crippen LogP) is 4.94. The summed E-state index contributed by atoms with van der Waals surface area (Å²) >= 11 is 0.652. The Bertz CT molecular complexity index is 1220. The average Bonchev–Trinajstić information content (AvgIpc) is 3.04. The number of aryl methyl sites for hydroxylation is 1. The Kier molecular flexibility index (Phi) is 7.34. The maximum Gasteiger partial charge on any atom is 0.416 e. The molecule has 15 heteroatoms. The lowest BCUT2D eigenvalue weighted by atomic mass is 10.1. The van der Waals surface area contributed by atoms with Crippen molar-refractivity contribution in [1.82, 2.24) is 0 Å². The van der Waals surface area contributed by atoms with Gasteiger partial charge < -0.3 is 5.32 Å². The van der Waals surface area contributed by atoms with Gasteiger partial charge in [0, 0.05) is 23.7 Å². The van der Waals surface area contributed by atoms with Gasteiger partial charge in [-0.15, -0.1) is 11.8 Å². The van der Waals surface area contributed by atoms with E-state index in [1.165, 1.54) is 19.1 Å². The van der Waals surface area contributed by atoms with Crippen molar-refractivity contribution >= 4 is 46.5 Å². The molecule has 2 aromatic carbocycles. The van der Waals surface area contributed by atoms with E-state index in [4.69, 9.17) is 0 Å². The number of alkyl halides is 6. The van der Waals surface area contributed by atoms with E-state index in [1.54, 1.807) is 0 Å². The van der Waals surface area contributed by atoms with Gasteiger partial charge in [0.05, 0.1) is 32.7 Å². The van der Waals surface area contributed by atoms with Crippen LogP contribution in [0.3, 0.4) is 0 Å². The lowest BCUT2D eigenvalue weighted by Crippen LogP contribution is -2.31. The number of benzene rings is 2. The molecule has 36 heavy (non-hydrogen) atoms. The molecule has 1 heterocycles. The first-order chi connectivity index (χ1) is 16.6. The zero-order valence-corrected chi connectivity index (χ0v) is 18.9. The maximum absolute atomic E-state index is 13.0. The van der Waals surface area contributed by atoms with Gasteiger partial charge in [-0.25, -0.2) is 4.90 Å². The molecule has 0 bridgehead atoms. The first-order valence-corrected chi connectivity index (χ1v) is 11.0. The van der Waals surface area contributed by atoms with Crippen LogP contribution in [0.15, 0.2) is 36.4 Å². The number of carbonyl (C=O) groups excluding carboxylic acids is 3. The molecule has 1 unspecified atom stereocenters. The highest BCUT2D eigenvalue weighted by atomic mass is 32.2. The first kappa shape index (κ1) is 27.0. The summed E-state index contributed by atoms with van der Waals surface area (Å²) in [5.41, 5.74) is -4.03. The number of carbonyl (C=O) groups is 3. The molecule has 1 atom stereocenters. The molecule has 0 aliphatic carbocycles. The van der Waals surface area contributed by atoms with Crippen LogP contribution in [-0.2, 0) is 26.7 Å². The summed E-state index contributed by atoms with van der Waals surface area (Å²) in [4.78, 5) is 48.5. The number of amides is 3. The van der Waals surface area contributed by atoms with Crippen LogP contribution in [0.2, 0.25) is 0 Å². The van der Waals surface area contributed by atoms with Gasteiger partial charge >= 0.3 is 12.4 Å². The van der Waals surface area contributed by atoms with Gasteiger partial charge in [-0.3, -0.25) is 24.5 Å². The molecule has 2 aromatic rings. The van der Waals surface area contributed by atoms with Gasteiger partial charge in [0.2, 0.25) is 17.7 Å². The van der Waals surface area contributed by atoms with Crippen LogP contribution in [0.1, 0.15) is 23.1 Å². The Morgan fingerprint density at radius 3 is 2.19 bits per heavy atom. The SMILES string of the molecule is Cc1ccc(N2C(=O)CC(SCC(=O)Nc3cc(C(F)(F)F)cc(C(F)(F)F)c3)C2=O)cc1[N+](=O)[O-]. The molecule has 3 rings (SSSR count). The third kappa shape index (κ3) is 5.95. The largest absolute Gasteiger partial charge is 0.416 e. The molecule has 192 valence electrons. The Labute approximate surface area is 202 Å². The molecule has 8 nitrogen and oxygen atoms in total. The minimum atomic E-state index is -5.10. The maximum atomic E-state index is 13.0. The molecule has 0 saturated carbocycles. The standard InChI is InChI=1S/C21H15F6N3O5S/c1-10-2-3-14(7-15(10)30(34)35)29-18(32)8-16(19(29)33)36-9-17(31)28-13-5-11(20(22,23)24)4-12(6-13)21(25,26)27/h2-7,16H,8-9H2,1H3,(H,28,31). The van der Waals surface area contributed by atoms with E-state index in [1.807, 2.05) is 5.32 Å². The van der Waals surface area contributed by atoms with Crippen molar-refractivity contribution in [3.8, 4) is 0 Å². The summed E-state index contributed by atoms with van der Waals surface area (Å²) in [6.45, 7) is 1.47. The van der Waals surface area contributed by atoms with Crippen LogP contribution in [-0.4, -0.2) is 33.6 Å². The van der Waals surface area contributed by atoms with Gasteiger partial charge in [-0.05, 0) is 31.2 Å². The quantitative estimate of drug-likeness (QED) is 0.243. The van der Waals surface area contributed by atoms with Crippen molar-refractivity contribution in [3.63, 3.8) is 0 Å². The number of hydrogen-bond donors (Lipinski definition) is 1. The summed E-state index contributed by atoms with van der Waals surface area (Å²) in [6, 6.07) is 4.34. The number of anilines is 2. The minimum absolute atomic E-state index is 0.0431. The van der Waals surface area contributed by atoms with E-state index < -0.39 is 62.8 Å². The van der Waals surface area contributed by atoms with Crippen molar-refractivity contribution in [3.05, 3.63) is 63.2 Å². The number of thioether (sulfide) groups is 1. The van der Waals surface area contributed by atoms with Crippen LogP contribution in [0.25, 0.3) is 0 Å². The van der Waals surface area contributed by atoms with E-state index in [9.17, 15) is 50.8 Å². The Hall–Kier alpha value is -3.62. The average molecular weight is 535 g/mol. The molecule has 1 N–H and O–H groups in total. The van der Waals surface area contributed by atoms with Crippen molar-refractivity contribution in [1.29, 1.82) is 0 Å². The molecule has 1 aliphatic heterocycles. The van der Waals surface area contributed by atoms with Crippen LogP contribution in [0.4, 0.5) is 43.4 Å². The summed E-state index contributed by atoms with van der Waals surface area (Å²) in [7, 11) is 0. The van der Waals surface area contributed by atoms with E-state index in [0.717, 1.165) is 11.0 Å². The van der Waals surface area contributed by atoms with Gasteiger partial charge in [-0.2, -0.15) is 26.3 Å². The molecule has 1 fully saturated rings. The molecule has 0 aromatic heterocycles. The van der Waals surface area contributed by atoms with Crippen LogP contribution in [0, 0.1) is 17.0 Å². The summed E-state index contributed by atoms with van der Waals surface area (Å²) in [5.74, 6) is -3.03. The first-order valence-electron chi connectivity index (χ1n) is 9.90. The highest BCUT2D eigenvalue weighted by Gasteiger charge is 2.41. The van der Waals surface area contributed by atoms with E-state index in [0.29, 0.717) is 29.5 Å². The third-order valence-corrected chi connectivity index (χ3v) is 6.24. The lowest BCUT2D eigenvalue weighted by Gasteiger charge is -2.16. The highest BCUT2D eigenvalue weighted by molar-refractivity contribution is 8.01. The Balaban J connectivity index is 1.71. The molecule has 0 spiro atoms. The lowest BCUT2D eigenvalue weighted by molar-refractivity contribution is -0.385. The summed E-state index contributed by atoms with van der Waals surface area (Å²) in [6.07, 6.45) is -10.6. The second-order valence-corrected chi connectivity index (χ2v) is 8.83. The number of nitro groups is 1. The second kappa shape index (κ2) is 9.79. The predicted molar refractivity (Wildman–Crippen MR) is 116 cm³/mol. The molecular formula is C21H15F6N3O5S. The highest BCUT2D eigenvalue weighted by Crippen LogP contribution is 2.38. The minimum Gasteiger partial charge on any atom is -0.325 e. The fourth-order valence-electron chi connectivity index (χ4n) is 3.34. The zero-order chi connectivity index (χ0) is 27.0. The summed E-state index contributed by atoms with van der Waals surface area (Å²) in [5, 5.41) is 12.0. The fraction of sp³-hybridized carbons (Fsp3) is 0.286. The van der Waals surface area contributed by atoms with E-state index in [-0.39, 0.29) is 23.9 Å². The normalized spacial score (nSPS) is 16.4. The number of nitrogens with one attached hydrogen (secondary N) is 1. The van der Waals surface area contributed by atoms with Crippen molar-refractivity contribution < 1.29 is 45.6 Å². The van der Waals surface area contributed by atoms with Gasteiger partial charge in [-0.1, -0.05) is 6.07 Å². The fourth-order valence-corrected chi connectivity index (χ4v) is 4.27. The van der Waals surface area contributed by atoms with Gasteiger partial charge in [0.25, 0.3) is 5.69 Å². The van der Waals surface area contributed by atoms with E-state index in [2.05, 4.69) is 0 Å². The molecule has 3 amide bonds. The monoisotopic (exact) mass is 535 g/mol. The molecule has 1 saturated heterocycles. The third-order valence-electron chi connectivity index (χ3n) is 5.04. The van der Waals surface area contributed by atoms with Crippen molar-refractivity contribution in [2.45, 2.75) is 30.9 Å². The zero-order valence-electron chi connectivity index (χ0n) is 18.1. The Morgan fingerprint density at radius 2 is 1.67 bits per heavy atom. The number of nitro benzene ring substituents is 1. The van der Waals surface area contributed by atoms with Crippen LogP contribution < -0.4 is 10.2 Å². The van der Waals surface area contributed by atoms with E-state index >= 15 is 0 Å². The molecule has 0 radical (unpaired) electrons. The molecular weight excluding hydrogens is 520 g/mol. The molecule has 1 aliphatic rings. The van der Waals surface area contributed by atoms with Gasteiger partial charge in [0.15, 0.2) is 0 Å². The number of imide groups is 1. The number of nitrogens with zero attached hydrogens (tertiary/aromatic N) is 2. The number of hydrogen-bond acceptors (Lipinski definition) is 6. The van der Waals surface area contributed by atoms with Crippen LogP contribution >= 0.6 is 11.8 Å².